The molecule has 5 heteroatoms. The number of ether oxygens (including phenoxy) is 1. The van der Waals surface area contributed by atoms with Crippen molar-refractivity contribution in [1.82, 2.24) is 9.78 Å². The second kappa shape index (κ2) is 6.91. The maximum Gasteiger partial charge on any atom is 0.185 e. The summed E-state index contributed by atoms with van der Waals surface area (Å²) in [6.45, 7) is 0.655. The Morgan fingerprint density at radius 2 is 2.15 bits per heavy atom. The highest BCUT2D eigenvalue weighted by molar-refractivity contribution is 6.17. The van der Waals surface area contributed by atoms with Gasteiger partial charge in [-0.1, -0.05) is 0 Å². The fourth-order valence-electron chi connectivity index (χ4n) is 1.70. The normalized spacial score (nSPS) is 10.9. The van der Waals surface area contributed by atoms with Crippen LogP contribution in [0.15, 0.2) is 42.7 Å². The van der Waals surface area contributed by atoms with E-state index in [1.807, 2.05) is 6.20 Å². The Kier molecular flexibility index (Phi) is 4.96. The molecule has 1 heterocycles. The zero-order chi connectivity index (χ0) is 14.4. The predicted octanol–water partition coefficient (Wildman–Crippen LogP) is 3.03. The Morgan fingerprint density at radius 3 is 2.80 bits per heavy atom. The first-order valence-corrected chi connectivity index (χ1v) is 6.71. The number of aryl methyl sites for hydroxylation is 1. The van der Waals surface area contributed by atoms with Gasteiger partial charge in [0.05, 0.1) is 19.9 Å². The topological polar surface area (TPSA) is 44.1 Å². The minimum Gasteiger partial charge on any atom is -0.497 e. The van der Waals surface area contributed by atoms with E-state index in [-0.39, 0.29) is 5.78 Å². The van der Waals surface area contributed by atoms with Gasteiger partial charge >= 0.3 is 0 Å². The molecule has 0 amide bonds. The lowest BCUT2D eigenvalue weighted by Gasteiger charge is -1.99. The lowest BCUT2D eigenvalue weighted by Crippen LogP contribution is -1.98. The van der Waals surface area contributed by atoms with Crippen LogP contribution < -0.4 is 4.74 Å². The molecule has 0 fully saturated rings. The van der Waals surface area contributed by atoms with Crippen molar-refractivity contribution in [1.29, 1.82) is 0 Å². The number of rotatable bonds is 6. The standard InChI is InChI=1S/C15H15ClN2O2/c1-20-14-5-3-13(4-6-14)15(19)7-2-12-10-17-18(11-12)9-8-16/h2-7,10-11H,8-9H2,1H3/b7-2+. The number of halogens is 1. The molecule has 0 aliphatic carbocycles. The average Bonchev–Trinajstić information content (AvgIpc) is 2.93. The number of alkyl halides is 1. The van der Waals surface area contributed by atoms with E-state index in [2.05, 4.69) is 5.10 Å². The Bertz CT molecular complexity index is 603. The number of hydrogen-bond donors (Lipinski definition) is 0. The summed E-state index contributed by atoms with van der Waals surface area (Å²) in [4.78, 5) is 12.0. The molecule has 0 saturated heterocycles. The van der Waals surface area contributed by atoms with Crippen LogP contribution >= 0.6 is 11.6 Å². The number of hydrogen-bond acceptors (Lipinski definition) is 3. The summed E-state index contributed by atoms with van der Waals surface area (Å²) in [5.74, 6) is 1.18. The molecule has 2 aromatic rings. The number of carbonyl (C=O) groups is 1. The molecule has 0 bridgehead atoms. The first kappa shape index (κ1) is 14.3. The van der Waals surface area contributed by atoms with E-state index in [4.69, 9.17) is 16.3 Å². The van der Waals surface area contributed by atoms with Gasteiger partial charge in [-0.3, -0.25) is 9.48 Å². The Hall–Kier alpha value is -2.07. The second-order valence-corrected chi connectivity index (χ2v) is 4.53. The molecular weight excluding hydrogens is 276 g/mol. The summed E-state index contributed by atoms with van der Waals surface area (Å²) in [6.07, 6.45) is 6.82. The number of aromatic nitrogens is 2. The highest BCUT2D eigenvalue weighted by Crippen LogP contribution is 2.12. The molecule has 0 radical (unpaired) electrons. The molecule has 0 spiro atoms. The lowest BCUT2D eigenvalue weighted by atomic mass is 10.1. The van der Waals surface area contributed by atoms with Crippen LogP contribution in [0.4, 0.5) is 0 Å². The quantitative estimate of drug-likeness (QED) is 0.467. The van der Waals surface area contributed by atoms with Gasteiger partial charge in [-0.15, -0.1) is 11.6 Å². The van der Waals surface area contributed by atoms with Crippen LogP contribution in [0.2, 0.25) is 0 Å². The highest BCUT2D eigenvalue weighted by atomic mass is 35.5. The van der Waals surface area contributed by atoms with Gasteiger partial charge in [0.25, 0.3) is 0 Å². The van der Waals surface area contributed by atoms with Gasteiger partial charge in [-0.05, 0) is 36.4 Å². The third-order valence-electron chi connectivity index (χ3n) is 2.77. The van der Waals surface area contributed by atoms with Crippen molar-refractivity contribution in [2.24, 2.45) is 0 Å². The lowest BCUT2D eigenvalue weighted by molar-refractivity contribution is 0.104. The van der Waals surface area contributed by atoms with Gasteiger partial charge in [0, 0.05) is 23.2 Å². The number of methoxy groups -OCH3 is 1. The van der Waals surface area contributed by atoms with Crippen LogP contribution in [0.1, 0.15) is 15.9 Å². The van der Waals surface area contributed by atoms with Gasteiger partial charge in [-0.25, -0.2) is 0 Å². The van der Waals surface area contributed by atoms with E-state index in [1.165, 1.54) is 6.08 Å². The van der Waals surface area contributed by atoms with Crippen molar-refractivity contribution in [3.63, 3.8) is 0 Å². The average molecular weight is 291 g/mol. The van der Waals surface area contributed by atoms with Crippen molar-refractivity contribution < 1.29 is 9.53 Å². The number of benzene rings is 1. The van der Waals surface area contributed by atoms with Crippen molar-refractivity contribution in [2.45, 2.75) is 6.54 Å². The summed E-state index contributed by atoms with van der Waals surface area (Å²) in [5.41, 5.74) is 1.49. The Labute approximate surface area is 122 Å². The van der Waals surface area contributed by atoms with Gasteiger partial charge in [0.15, 0.2) is 5.78 Å². The van der Waals surface area contributed by atoms with E-state index in [0.29, 0.717) is 18.0 Å². The molecule has 0 saturated carbocycles. The number of carbonyl (C=O) groups excluding carboxylic acids is 1. The Morgan fingerprint density at radius 1 is 1.40 bits per heavy atom. The number of ketones is 1. The molecule has 20 heavy (non-hydrogen) atoms. The zero-order valence-electron chi connectivity index (χ0n) is 11.1. The fraction of sp³-hybridized carbons (Fsp3) is 0.200. The zero-order valence-corrected chi connectivity index (χ0v) is 11.9. The summed E-state index contributed by atoms with van der Waals surface area (Å²) in [5, 5.41) is 4.13. The van der Waals surface area contributed by atoms with Gasteiger partial charge < -0.3 is 4.74 Å². The van der Waals surface area contributed by atoms with Crippen LogP contribution in [-0.4, -0.2) is 28.6 Å². The molecule has 0 unspecified atom stereocenters. The molecule has 104 valence electrons. The second-order valence-electron chi connectivity index (χ2n) is 4.15. The molecule has 0 aliphatic rings. The van der Waals surface area contributed by atoms with Crippen LogP contribution in [0.5, 0.6) is 5.75 Å². The van der Waals surface area contributed by atoms with E-state index in [9.17, 15) is 4.79 Å². The fourth-order valence-corrected chi connectivity index (χ4v) is 1.87. The molecule has 0 aliphatic heterocycles. The summed E-state index contributed by atoms with van der Waals surface area (Å²) >= 11 is 5.63. The van der Waals surface area contributed by atoms with E-state index < -0.39 is 0 Å². The van der Waals surface area contributed by atoms with Crippen LogP contribution in [0.25, 0.3) is 6.08 Å². The third-order valence-corrected chi connectivity index (χ3v) is 2.94. The molecule has 0 N–H and O–H groups in total. The van der Waals surface area contributed by atoms with E-state index in [0.717, 1.165) is 11.3 Å². The monoisotopic (exact) mass is 290 g/mol. The first-order valence-electron chi connectivity index (χ1n) is 6.18. The minimum absolute atomic E-state index is 0.0576. The smallest absolute Gasteiger partial charge is 0.185 e. The van der Waals surface area contributed by atoms with Crippen molar-refractivity contribution in [3.05, 3.63) is 53.9 Å². The molecule has 1 aromatic carbocycles. The molecule has 2 rings (SSSR count). The molecule has 1 aromatic heterocycles. The SMILES string of the molecule is COc1ccc(C(=O)/C=C/c2cnn(CCCl)c2)cc1. The highest BCUT2D eigenvalue weighted by Gasteiger charge is 2.02. The van der Waals surface area contributed by atoms with Gasteiger partial charge in [0.2, 0.25) is 0 Å². The van der Waals surface area contributed by atoms with E-state index in [1.54, 1.807) is 48.3 Å². The first-order chi connectivity index (χ1) is 9.72. The van der Waals surface area contributed by atoms with Crippen molar-refractivity contribution >= 4 is 23.5 Å². The number of nitrogens with zero attached hydrogens (tertiary/aromatic N) is 2. The largest absolute Gasteiger partial charge is 0.497 e. The third kappa shape index (κ3) is 3.71. The van der Waals surface area contributed by atoms with Gasteiger partial charge in [0.1, 0.15) is 5.75 Å². The summed E-state index contributed by atoms with van der Waals surface area (Å²) in [6, 6.07) is 7.00. The van der Waals surface area contributed by atoms with Gasteiger partial charge in [-0.2, -0.15) is 5.10 Å². The maximum absolute atomic E-state index is 12.0. The summed E-state index contributed by atoms with van der Waals surface area (Å²) < 4.78 is 6.79. The van der Waals surface area contributed by atoms with E-state index >= 15 is 0 Å². The van der Waals surface area contributed by atoms with Crippen molar-refractivity contribution in [3.8, 4) is 5.75 Å². The van der Waals surface area contributed by atoms with Crippen LogP contribution in [0.3, 0.4) is 0 Å². The number of allylic oxidation sites excluding steroid dienone is 1. The molecule has 0 atom stereocenters. The van der Waals surface area contributed by atoms with Crippen LogP contribution in [-0.2, 0) is 6.54 Å². The predicted molar refractivity (Wildman–Crippen MR) is 79.3 cm³/mol. The summed E-state index contributed by atoms with van der Waals surface area (Å²) in [7, 11) is 1.59. The van der Waals surface area contributed by atoms with Crippen LogP contribution in [0, 0.1) is 0 Å². The Balaban J connectivity index is 2.03. The minimum atomic E-state index is -0.0576. The maximum atomic E-state index is 12.0. The molecule has 4 nitrogen and oxygen atoms in total. The van der Waals surface area contributed by atoms with Crippen molar-refractivity contribution in [2.75, 3.05) is 13.0 Å². The molecular formula is C15H15ClN2O2.